The van der Waals surface area contributed by atoms with Crippen LogP contribution in [0.3, 0.4) is 0 Å². The highest BCUT2D eigenvalue weighted by atomic mass is 32.1. The van der Waals surface area contributed by atoms with E-state index in [1.807, 2.05) is 0 Å². The number of benzene rings is 2. The van der Waals surface area contributed by atoms with Gasteiger partial charge in [0.25, 0.3) is 0 Å². The fourth-order valence-corrected chi connectivity index (χ4v) is 2.65. The van der Waals surface area contributed by atoms with Crippen molar-refractivity contribution in [3.8, 4) is 0 Å². The molecule has 0 spiro atoms. The minimum absolute atomic E-state index is 1.09. The zero-order chi connectivity index (χ0) is 11.7. The molecule has 0 bridgehead atoms. The Labute approximate surface area is 105 Å². The number of rotatable bonds is 2. The van der Waals surface area contributed by atoms with Crippen molar-refractivity contribution in [3.63, 3.8) is 0 Å². The lowest BCUT2D eigenvalue weighted by molar-refractivity contribution is 1.64. The molecule has 0 unspecified atom stereocenters. The molecule has 0 atom stereocenters. The minimum atomic E-state index is 1.09. The van der Waals surface area contributed by atoms with Gasteiger partial charge in [-0.05, 0) is 50.4 Å². The molecule has 17 heavy (non-hydrogen) atoms. The van der Waals surface area contributed by atoms with E-state index in [2.05, 4.69) is 65.9 Å². The molecular formula is C16H12S. The Morgan fingerprint density at radius 3 is 2.47 bits per heavy atom. The highest BCUT2D eigenvalue weighted by Gasteiger charge is 2.03. The Bertz CT molecular complexity index is 663. The monoisotopic (exact) mass is 236 g/mol. The predicted molar refractivity (Wildman–Crippen MR) is 76.4 cm³/mol. The van der Waals surface area contributed by atoms with Gasteiger partial charge in [0.15, 0.2) is 0 Å². The summed E-state index contributed by atoms with van der Waals surface area (Å²) >= 11 is 1.71. The standard InChI is InChI=1S/C16H12S/c1-12(16-8-9-17-11-16)14-7-6-13-4-2-3-5-15(13)10-14/h2-11H,1H2. The molecule has 3 rings (SSSR count). The maximum Gasteiger partial charge on any atom is -0.00147 e. The van der Waals surface area contributed by atoms with Crippen molar-refractivity contribution >= 4 is 27.7 Å². The molecule has 0 radical (unpaired) electrons. The lowest BCUT2D eigenvalue weighted by Crippen LogP contribution is -1.83. The van der Waals surface area contributed by atoms with Crippen LogP contribution in [-0.4, -0.2) is 0 Å². The highest BCUT2D eigenvalue weighted by Crippen LogP contribution is 2.26. The summed E-state index contributed by atoms with van der Waals surface area (Å²) in [6.07, 6.45) is 0. The summed E-state index contributed by atoms with van der Waals surface area (Å²) in [7, 11) is 0. The third-order valence-corrected chi connectivity index (χ3v) is 3.65. The van der Waals surface area contributed by atoms with Gasteiger partial charge in [0.05, 0.1) is 0 Å². The summed E-state index contributed by atoms with van der Waals surface area (Å²) < 4.78 is 0. The number of thiophene rings is 1. The van der Waals surface area contributed by atoms with E-state index in [9.17, 15) is 0 Å². The van der Waals surface area contributed by atoms with Crippen molar-refractivity contribution in [2.24, 2.45) is 0 Å². The molecule has 0 amide bonds. The van der Waals surface area contributed by atoms with Crippen LogP contribution in [0.5, 0.6) is 0 Å². The van der Waals surface area contributed by atoms with E-state index < -0.39 is 0 Å². The topological polar surface area (TPSA) is 0 Å². The van der Waals surface area contributed by atoms with E-state index in [-0.39, 0.29) is 0 Å². The van der Waals surface area contributed by atoms with Gasteiger partial charge in [-0.3, -0.25) is 0 Å². The number of fused-ring (bicyclic) bond motifs is 1. The Morgan fingerprint density at radius 2 is 1.71 bits per heavy atom. The lowest BCUT2D eigenvalue weighted by atomic mass is 9.99. The number of hydrogen-bond acceptors (Lipinski definition) is 1. The van der Waals surface area contributed by atoms with Crippen LogP contribution in [0.15, 0.2) is 65.9 Å². The van der Waals surface area contributed by atoms with Crippen molar-refractivity contribution in [1.82, 2.24) is 0 Å². The first kappa shape index (κ1) is 10.3. The fourth-order valence-electron chi connectivity index (χ4n) is 1.98. The van der Waals surface area contributed by atoms with Gasteiger partial charge in [0.2, 0.25) is 0 Å². The smallest absolute Gasteiger partial charge is 0.00147 e. The summed E-state index contributed by atoms with van der Waals surface area (Å²) in [5, 5.41) is 6.76. The second-order valence-corrected chi connectivity index (χ2v) is 4.83. The van der Waals surface area contributed by atoms with Gasteiger partial charge in [0, 0.05) is 0 Å². The van der Waals surface area contributed by atoms with Crippen LogP contribution in [0.2, 0.25) is 0 Å². The van der Waals surface area contributed by atoms with Crippen LogP contribution in [-0.2, 0) is 0 Å². The highest BCUT2D eigenvalue weighted by molar-refractivity contribution is 7.08. The summed E-state index contributed by atoms with van der Waals surface area (Å²) in [6.45, 7) is 4.18. The summed E-state index contributed by atoms with van der Waals surface area (Å²) in [6, 6.07) is 17.0. The van der Waals surface area contributed by atoms with Crippen LogP contribution in [0.4, 0.5) is 0 Å². The molecule has 0 fully saturated rings. The molecule has 0 aliphatic rings. The second-order valence-electron chi connectivity index (χ2n) is 4.05. The molecule has 2 aromatic carbocycles. The van der Waals surface area contributed by atoms with Gasteiger partial charge >= 0.3 is 0 Å². The summed E-state index contributed by atoms with van der Waals surface area (Å²) in [4.78, 5) is 0. The van der Waals surface area contributed by atoms with Gasteiger partial charge in [-0.25, -0.2) is 0 Å². The van der Waals surface area contributed by atoms with Crippen LogP contribution >= 0.6 is 11.3 Å². The minimum Gasteiger partial charge on any atom is -0.152 e. The van der Waals surface area contributed by atoms with E-state index >= 15 is 0 Å². The number of hydrogen-bond donors (Lipinski definition) is 0. The van der Waals surface area contributed by atoms with Gasteiger partial charge in [-0.1, -0.05) is 43.0 Å². The molecule has 1 heterocycles. The van der Waals surface area contributed by atoms with Crippen molar-refractivity contribution in [2.45, 2.75) is 0 Å². The van der Waals surface area contributed by atoms with Crippen molar-refractivity contribution in [1.29, 1.82) is 0 Å². The first-order valence-electron chi connectivity index (χ1n) is 5.55. The second kappa shape index (κ2) is 4.19. The Hall–Kier alpha value is -1.86. The molecule has 0 saturated carbocycles. The molecule has 0 nitrogen and oxygen atoms in total. The van der Waals surface area contributed by atoms with Crippen LogP contribution < -0.4 is 0 Å². The molecule has 0 aliphatic heterocycles. The third-order valence-electron chi connectivity index (χ3n) is 2.97. The lowest BCUT2D eigenvalue weighted by Gasteiger charge is -2.05. The Kier molecular flexibility index (Phi) is 2.54. The van der Waals surface area contributed by atoms with E-state index in [0.717, 1.165) is 5.57 Å². The molecule has 0 N–H and O–H groups in total. The Morgan fingerprint density at radius 1 is 0.882 bits per heavy atom. The largest absolute Gasteiger partial charge is 0.152 e. The van der Waals surface area contributed by atoms with Crippen LogP contribution in [0, 0.1) is 0 Å². The summed E-state index contributed by atoms with van der Waals surface area (Å²) in [5.74, 6) is 0. The van der Waals surface area contributed by atoms with Crippen molar-refractivity contribution < 1.29 is 0 Å². The molecule has 82 valence electrons. The molecule has 0 saturated heterocycles. The normalized spacial score (nSPS) is 10.6. The van der Waals surface area contributed by atoms with Gasteiger partial charge in [-0.2, -0.15) is 11.3 Å². The van der Waals surface area contributed by atoms with Crippen LogP contribution in [0.1, 0.15) is 11.1 Å². The van der Waals surface area contributed by atoms with E-state index in [0.29, 0.717) is 0 Å². The summed E-state index contributed by atoms with van der Waals surface area (Å²) in [5.41, 5.74) is 3.50. The van der Waals surface area contributed by atoms with Gasteiger partial charge in [-0.15, -0.1) is 0 Å². The van der Waals surface area contributed by atoms with Crippen LogP contribution in [0.25, 0.3) is 16.3 Å². The predicted octanol–water partition coefficient (Wildman–Crippen LogP) is 4.96. The maximum absolute atomic E-state index is 4.18. The zero-order valence-electron chi connectivity index (χ0n) is 9.39. The molecule has 1 aromatic heterocycles. The quantitative estimate of drug-likeness (QED) is 0.589. The fraction of sp³-hybridized carbons (Fsp3) is 0. The van der Waals surface area contributed by atoms with Crippen molar-refractivity contribution in [2.75, 3.05) is 0 Å². The SMILES string of the molecule is C=C(c1ccsc1)c1ccc2ccccc2c1. The third kappa shape index (κ3) is 1.90. The first-order chi connectivity index (χ1) is 8.34. The van der Waals surface area contributed by atoms with Gasteiger partial charge < -0.3 is 0 Å². The van der Waals surface area contributed by atoms with Crippen molar-refractivity contribution in [3.05, 3.63) is 77.0 Å². The average Bonchev–Trinajstić information content (AvgIpc) is 2.91. The maximum atomic E-state index is 4.18. The molecular weight excluding hydrogens is 224 g/mol. The molecule has 1 heteroatoms. The van der Waals surface area contributed by atoms with E-state index in [4.69, 9.17) is 0 Å². The molecule has 0 aliphatic carbocycles. The zero-order valence-corrected chi connectivity index (χ0v) is 10.2. The first-order valence-corrected chi connectivity index (χ1v) is 6.49. The average molecular weight is 236 g/mol. The van der Waals surface area contributed by atoms with E-state index in [1.165, 1.54) is 21.9 Å². The van der Waals surface area contributed by atoms with E-state index in [1.54, 1.807) is 11.3 Å². The van der Waals surface area contributed by atoms with Gasteiger partial charge in [0.1, 0.15) is 0 Å². The Balaban J connectivity index is 2.09. The molecule has 3 aromatic rings.